The summed E-state index contributed by atoms with van der Waals surface area (Å²) in [6, 6.07) is 12.8. The normalized spacial score (nSPS) is 11.2. The molecule has 0 aliphatic heterocycles. The standard InChI is InChI=1S/C20H14N6O2/c1-28-15-4-2-14(3-5-15)25-11-8-17-16(19(25)27)12-22-20-23-18(24-26(17)20)13-6-9-21-10-7-13/h2-12H,1H3. The number of fused-ring (bicyclic) bond motifs is 3. The Bertz CT molecular complexity index is 1360. The average Bonchev–Trinajstić information content (AvgIpc) is 3.20. The summed E-state index contributed by atoms with van der Waals surface area (Å²) in [5.41, 5.74) is 2.04. The minimum atomic E-state index is -0.182. The van der Waals surface area contributed by atoms with Crippen molar-refractivity contribution in [1.29, 1.82) is 0 Å². The Hall–Kier alpha value is -4.07. The Morgan fingerprint density at radius 2 is 1.79 bits per heavy atom. The zero-order valence-corrected chi connectivity index (χ0v) is 14.9. The molecule has 0 aliphatic rings. The summed E-state index contributed by atoms with van der Waals surface area (Å²) in [4.78, 5) is 25.8. The van der Waals surface area contributed by atoms with Crippen LogP contribution in [-0.2, 0) is 0 Å². The van der Waals surface area contributed by atoms with Gasteiger partial charge in [0.1, 0.15) is 5.75 Å². The molecule has 0 saturated carbocycles. The number of methoxy groups -OCH3 is 1. The number of benzene rings is 1. The molecule has 0 N–H and O–H groups in total. The van der Waals surface area contributed by atoms with E-state index in [1.54, 1.807) is 34.8 Å². The molecule has 0 atom stereocenters. The van der Waals surface area contributed by atoms with Crippen molar-refractivity contribution >= 4 is 16.7 Å². The summed E-state index contributed by atoms with van der Waals surface area (Å²) in [6.07, 6.45) is 6.62. The van der Waals surface area contributed by atoms with Gasteiger partial charge in [0, 0.05) is 36.0 Å². The predicted molar refractivity (Wildman–Crippen MR) is 104 cm³/mol. The van der Waals surface area contributed by atoms with Crippen molar-refractivity contribution in [3.8, 4) is 22.8 Å². The third kappa shape index (κ3) is 2.50. The average molecular weight is 370 g/mol. The van der Waals surface area contributed by atoms with Gasteiger partial charge in [-0.25, -0.2) is 4.98 Å². The molecular weight excluding hydrogens is 356 g/mol. The second-order valence-electron chi connectivity index (χ2n) is 6.13. The minimum Gasteiger partial charge on any atom is -0.497 e. The largest absolute Gasteiger partial charge is 0.497 e. The fourth-order valence-electron chi connectivity index (χ4n) is 3.09. The number of ether oxygens (including phenoxy) is 1. The second kappa shape index (κ2) is 6.27. The van der Waals surface area contributed by atoms with E-state index in [0.29, 0.717) is 22.5 Å². The number of hydrogen-bond donors (Lipinski definition) is 0. The predicted octanol–water partition coefficient (Wildman–Crippen LogP) is 2.50. The molecule has 5 aromatic rings. The third-order valence-electron chi connectivity index (χ3n) is 4.52. The Morgan fingerprint density at radius 1 is 1.00 bits per heavy atom. The van der Waals surface area contributed by atoms with Crippen molar-refractivity contribution in [3.63, 3.8) is 0 Å². The maximum absolute atomic E-state index is 13.0. The number of rotatable bonds is 3. The van der Waals surface area contributed by atoms with Crippen LogP contribution in [0.25, 0.3) is 33.8 Å². The summed E-state index contributed by atoms with van der Waals surface area (Å²) in [7, 11) is 1.60. The van der Waals surface area contributed by atoms with Gasteiger partial charge in [0.15, 0.2) is 5.82 Å². The fraction of sp³-hybridized carbons (Fsp3) is 0.0500. The van der Waals surface area contributed by atoms with Crippen LogP contribution in [0.5, 0.6) is 5.75 Å². The maximum atomic E-state index is 13.0. The van der Waals surface area contributed by atoms with Crippen LogP contribution in [0.2, 0.25) is 0 Å². The molecule has 4 heterocycles. The number of pyridine rings is 2. The molecule has 1 aromatic carbocycles. The number of hydrogen-bond acceptors (Lipinski definition) is 6. The first-order chi connectivity index (χ1) is 13.7. The summed E-state index contributed by atoms with van der Waals surface area (Å²) in [6.45, 7) is 0. The highest BCUT2D eigenvalue weighted by Crippen LogP contribution is 2.18. The molecule has 8 heteroatoms. The molecule has 5 rings (SSSR count). The summed E-state index contributed by atoms with van der Waals surface area (Å²) >= 11 is 0. The van der Waals surface area contributed by atoms with Crippen molar-refractivity contribution in [1.82, 2.24) is 29.1 Å². The first-order valence-electron chi connectivity index (χ1n) is 8.56. The van der Waals surface area contributed by atoms with Crippen molar-refractivity contribution in [2.24, 2.45) is 0 Å². The molecule has 0 bridgehead atoms. The maximum Gasteiger partial charge on any atom is 0.266 e. The topological polar surface area (TPSA) is 87.2 Å². The van der Waals surface area contributed by atoms with E-state index in [1.807, 2.05) is 42.5 Å². The highest BCUT2D eigenvalue weighted by atomic mass is 16.5. The van der Waals surface area contributed by atoms with Crippen LogP contribution in [0.3, 0.4) is 0 Å². The molecule has 4 aromatic heterocycles. The molecule has 8 nitrogen and oxygen atoms in total. The van der Waals surface area contributed by atoms with Crippen molar-refractivity contribution in [3.05, 3.63) is 77.6 Å². The SMILES string of the molecule is COc1ccc(-n2ccc3c(cnc4nc(-c5ccncc5)nn43)c2=O)cc1. The van der Waals surface area contributed by atoms with E-state index in [0.717, 1.165) is 17.0 Å². The zero-order valence-electron chi connectivity index (χ0n) is 14.9. The molecule has 0 saturated heterocycles. The van der Waals surface area contributed by atoms with Crippen LogP contribution in [0.15, 0.2) is 72.0 Å². The van der Waals surface area contributed by atoms with Gasteiger partial charge in [0.05, 0.1) is 18.0 Å². The van der Waals surface area contributed by atoms with Crippen LogP contribution in [0.4, 0.5) is 0 Å². The van der Waals surface area contributed by atoms with E-state index in [-0.39, 0.29) is 5.56 Å². The Morgan fingerprint density at radius 3 is 2.54 bits per heavy atom. The molecule has 28 heavy (non-hydrogen) atoms. The van der Waals surface area contributed by atoms with Gasteiger partial charge in [-0.1, -0.05) is 0 Å². The first kappa shape index (κ1) is 16.1. The van der Waals surface area contributed by atoms with Gasteiger partial charge >= 0.3 is 0 Å². The summed E-state index contributed by atoms with van der Waals surface area (Å²) in [5.74, 6) is 1.69. The van der Waals surface area contributed by atoms with E-state index >= 15 is 0 Å². The Labute approximate surface area is 158 Å². The van der Waals surface area contributed by atoms with E-state index in [9.17, 15) is 4.79 Å². The third-order valence-corrected chi connectivity index (χ3v) is 4.52. The van der Waals surface area contributed by atoms with E-state index in [2.05, 4.69) is 20.1 Å². The quantitative estimate of drug-likeness (QED) is 0.485. The molecule has 0 spiro atoms. The Balaban J connectivity index is 1.69. The van der Waals surface area contributed by atoms with Crippen LogP contribution in [0.1, 0.15) is 0 Å². The van der Waals surface area contributed by atoms with Crippen molar-refractivity contribution in [2.45, 2.75) is 0 Å². The summed E-state index contributed by atoms with van der Waals surface area (Å²) in [5, 5.41) is 4.98. The lowest BCUT2D eigenvalue weighted by Crippen LogP contribution is -2.18. The smallest absolute Gasteiger partial charge is 0.266 e. The van der Waals surface area contributed by atoms with E-state index < -0.39 is 0 Å². The Kier molecular flexibility index (Phi) is 3.61. The van der Waals surface area contributed by atoms with Gasteiger partial charge in [-0.3, -0.25) is 14.3 Å². The second-order valence-corrected chi connectivity index (χ2v) is 6.13. The van der Waals surface area contributed by atoms with Crippen LogP contribution >= 0.6 is 0 Å². The molecule has 0 radical (unpaired) electrons. The monoisotopic (exact) mass is 370 g/mol. The van der Waals surface area contributed by atoms with Gasteiger partial charge < -0.3 is 4.74 Å². The first-order valence-corrected chi connectivity index (χ1v) is 8.56. The minimum absolute atomic E-state index is 0.182. The van der Waals surface area contributed by atoms with Gasteiger partial charge in [-0.2, -0.15) is 9.50 Å². The molecule has 0 unspecified atom stereocenters. The molecule has 0 fully saturated rings. The zero-order chi connectivity index (χ0) is 19.1. The molecule has 0 aliphatic carbocycles. The highest BCUT2D eigenvalue weighted by Gasteiger charge is 2.13. The van der Waals surface area contributed by atoms with Crippen LogP contribution in [0, 0.1) is 0 Å². The fourth-order valence-corrected chi connectivity index (χ4v) is 3.09. The highest BCUT2D eigenvalue weighted by molar-refractivity contribution is 5.79. The summed E-state index contributed by atoms with van der Waals surface area (Å²) < 4.78 is 8.33. The van der Waals surface area contributed by atoms with E-state index in [4.69, 9.17) is 4.74 Å². The molecule has 136 valence electrons. The van der Waals surface area contributed by atoms with Gasteiger partial charge in [0.2, 0.25) is 0 Å². The van der Waals surface area contributed by atoms with Gasteiger partial charge in [-0.05, 0) is 42.5 Å². The molecule has 0 amide bonds. The number of aromatic nitrogens is 6. The van der Waals surface area contributed by atoms with E-state index in [1.165, 1.54) is 6.20 Å². The lowest BCUT2D eigenvalue weighted by molar-refractivity contribution is 0.414. The van der Waals surface area contributed by atoms with Gasteiger partial charge in [0.25, 0.3) is 11.3 Å². The van der Waals surface area contributed by atoms with Gasteiger partial charge in [-0.15, -0.1) is 5.10 Å². The molecular formula is C20H14N6O2. The lowest BCUT2D eigenvalue weighted by Gasteiger charge is -2.08. The number of nitrogens with zero attached hydrogens (tertiary/aromatic N) is 6. The van der Waals surface area contributed by atoms with Crippen LogP contribution < -0.4 is 10.3 Å². The van der Waals surface area contributed by atoms with Crippen molar-refractivity contribution < 1.29 is 4.74 Å². The van der Waals surface area contributed by atoms with Crippen molar-refractivity contribution in [2.75, 3.05) is 7.11 Å². The lowest BCUT2D eigenvalue weighted by atomic mass is 10.2. The van der Waals surface area contributed by atoms with Crippen LogP contribution in [-0.4, -0.2) is 36.2 Å².